The van der Waals surface area contributed by atoms with E-state index in [2.05, 4.69) is 10.6 Å². The molecule has 0 saturated heterocycles. The molecule has 0 aromatic heterocycles. The van der Waals surface area contributed by atoms with Crippen molar-refractivity contribution in [2.45, 2.75) is 6.04 Å². The van der Waals surface area contributed by atoms with E-state index >= 15 is 0 Å². The van der Waals surface area contributed by atoms with Gasteiger partial charge in [-0.3, -0.25) is 0 Å². The van der Waals surface area contributed by atoms with Gasteiger partial charge in [-0.25, -0.2) is 13.6 Å². The highest BCUT2D eigenvalue weighted by molar-refractivity contribution is 5.90. The standard InChI is InChI=1S/C20H16F2N2O/c21-16-12-7-13-17(22)19(16)24-20(25)23-18(14-8-3-1-4-9-14)15-10-5-2-6-11-15/h1-13,18H,(H2,23,24,25). The quantitative estimate of drug-likeness (QED) is 0.700. The van der Waals surface area contributed by atoms with Gasteiger partial charge < -0.3 is 10.6 Å². The summed E-state index contributed by atoms with van der Waals surface area (Å²) in [4.78, 5) is 12.3. The molecule has 126 valence electrons. The average molecular weight is 338 g/mol. The van der Waals surface area contributed by atoms with E-state index < -0.39 is 29.4 Å². The van der Waals surface area contributed by atoms with Crippen LogP contribution in [0.5, 0.6) is 0 Å². The number of rotatable bonds is 4. The van der Waals surface area contributed by atoms with Gasteiger partial charge in [-0.2, -0.15) is 0 Å². The maximum atomic E-state index is 13.7. The number of nitrogens with one attached hydrogen (secondary N) is 2. The minimum atomic E-state index is -0.828. The monoisotopic (exact) mass is 338 g/mol. The number of hydrogen-bond acceptors (Lipinski definition) is 1. The molecule has 0 fully saturated rings. The van der Waals surface area contributed by atoms with Crippen molar-refractivity contribution in [3.05, 3.63) is 102 Å². The fraction of sp³-hybridized carbons (Fsp3) is 0.0500. The predicted octanol–water partition coefficient (Wildman–Crippen LogP) is 4.88. The number of anilines is 1. The third-order valence-corrected chi connectivity index (χ3v) is 3.74. The largest absolute Gasteiger partial charge is 0.327 e. The van der Waals surface area contributed by atoms with Crippen LogP contribution in [0.3, 0.4) is 0 Å². The molecular formula is C20H16F2N2O. The number of halogens is 2. The van der Waals surface area contributed by atoms with Gasteiger partial charge in [-0.15, -0.1) is 0 Å². The molecule has 0 aliphatic rings. The third kappa shape index (κ3) is 4.01. The first-order chi connectivity index (χ1) is 12.1. The Labute approximate surface area is 144 Å². The van der Waals surface area contributed by atoms with Crippen molar-refractivity contribution in [2.75, 3.05) is 5.32 Å². The smallest absolute Gasteiger partial charge is 0.320 e. The van der Waals surface area contributed by atoms with Crippen molar-refractivity contribution in [3.8, 4) is 0 Å². The van der Waals surface area contributed by atoms with Crippen molar-refractivity contribution in [3.63, 3.8) is 0 Å². The average Bonchev–Trinajstić information content (AvgIpc) is 2.64. The van der Waals surface area contributed by atoms with Crippen LogP contribution in [-0.4, -0.2) is 6.03 Å². The number of amides is 2. The molecule has 0 aliphatic carbocycles. The fourth-order valence-electron chi connectivity index (χ4n) is 2.55. The Morgan fingerprint density at radius 2 is 1.20 bits per heavy atom. The maximum Gasteiger partial charge on any atom is 0.320 e. The minimum Gasteiger partial charge on any atom is -0.327 e. The van der Waals surface area contributed by atoms with Crippen LogP contribution in [0.25, 0.3) is 0 Å². The van der Waals surface area contributed by atoms with Crippen LogP contribution in [0.1, 0.15) is 17.2 Å². The maximum absolute atomic E-state index is 13.7. The Hall–Kier alpha value is -3.21. The molecule has 3 aromatic rings. The summed E-state index contributed by atoms with van der Waals surface area (Å²) in [6, 6.07) is 21.0. The molecule has 0 aliphatic heterocycles. The lowest BCUT2D eigenvalue weighted by molar-refractivity contribution is 0.250. The van der Waals surface area contributed by atoms with E-state index in [9.17, 15) is 13.6 Å². The van der Waals surface area contributed by atoms with Gasteiger partial charge in [0, 0.05) is 0 Å². The molecule has 2 N–H and O–H groups in total. The summed E-state index contributed by atoms with van der Waals surface area (Å²) in [6.07, 6.45) is 0. The first-order valence-electron chi connectivity index (χ1n) is 7.76. The van der Waals surface area contributed by atoms with Gasteiger partial charge in [0.05, 0.1) is 6.04 Å². The van der Waals surface area contributed by atoms with E-state index in [-0.39, 0.29) is 0 Å². The van der Waals surface area contributed by atoms with Crippen LogP contribution in [-0.2, 0) is 0 Å². The van der Waals surface area contributed by atoms with Crippen LogP contribution in [0, 0.1) is 11.6 Å². The molecule has 2 amide bonds. The lowest BCUT2D eigenvalue weighted by Crippen LogP contribution is -2.33. The first-order valence-corrected chi connectivity index (χ1v) is 7.76. The number of benzene rings is 3. The van der Waals surface area contributed by atoms with E-state index in [4.69, 9.17) is 0 Å². The van der Waals surface area contributed by atoms with Crippen molar-refractivity contribution < 1.29 is 13.6 Å². The van der Waals surface area contributed by atoms with Crippen LogP contribution in [0.4, 0.5) is 19.3 Å². The summed E-state index contributed by atoms with van der Waals surface area (Å²) in [7, 11) is 0. The van der Waals surface area contributed by atoms with Gasteiger partial charge in [-0.1, -0.05) is 66.7 Å². The molecule has 3 aromatic carbocycles. The zero-order valence-electron chi connectivity index (χ0n) is 13.2. The third-order valence-electron chi connectivity index (χ3n) is 3.74. The summed E-state index contributed by atoms with van der Waals surface area (Å²) < 4.78 is 27.4. The second-order valence-corrected chi connectivity index (χ2v) is 5.45. The molecule has 0 spiro atoms. The molecular weight excluding hydrogens is 322 g/mol. The lowest BCUT2D eigenvalue weighted by atomic mass is 9.99. The topological polar surface area (TPSA) is 41.1 Å². The Bertz CT molecular complexity index is 794. The predicted molar refractivity (Wildman–Crippen MR) is 93.2 cm³/mol. The minimum absolute atomic E-state index is 0.447. The van der Waals surface area contributed by atoms with Gasteiger partial charge >= 0.3 is 6.03 Å². The summed E-state index contributed by atoms with van der Waals surface area (Å²) in [5.74, 6) is -1.66. The van der Waals surface area contributed by atoms with E-state index in [0.29, 0.717) is 0 Å². The Morgan fingerprint density at radius 3 is 1.68 bits per heavy atom. The fourth-order valence-corrected chi connectivity index (χ4v) is 2.55. The highest BCUT2D eigenvalue weighted by atomic mass is 19.1. The number of urea groups is 1. The summed E-state index contributed by atoms with van der Waals surface area (Å²) >= 11 is 0. The lowest BCUT2D eigenvalue weighted by Gasteiger charge is -2.20. The Morgan fingerprint density at radius 1 is 0.720 bits per heavy atom. The molecule has 3 nitrogen and oxygen atoms in total. The highest BCUT2D eigenvalue weighted by Crippen LogP contribution is 2.23. The molecule has 25 heavy (non-hydrogen) atoms. The highest BCUT2D eigenvalue weighted by Gasteiger charge is 2.18. The van der Waals surface area contributed by atoms with Crippen molar-refractivity contribution in [1.29, 1.82) is 0 Å². The molecule has 5 heteroatoms. The second-order valence-electron chi connectivity index (χ2n) is 5.45. The van der Waals surface area contributed by atoms with Gasteiger partial charge in [-0.05, 0) is 23.3 Å². The van der Waals surface area contributed by atoms with E-state index in [1.54, 1.807) is 0 Å². The molecule has 3 rings (SSSR count). The Balaban J connectivity index is 1.84. The molecule has 0 saturated carbocycles. The van der Waals surface area contributed by atoms with Crippen molar-refractivity contribution in [2.24, 2.45) is 0 Å². The van der Waals surface area contributed by atoms with E-state index in [1.165, 1.54) is 6.07 Å². The van der Waals surface area contributed by atoms with Crippen LogP contribution in [0.2, 0.25) is 0 Å². The molecule has 0 unspecified atom stereocenters. The zero-order chi connectivity index (χ0) is 17.6. The SMILES string of the molecule is O=C(Nc1c(F)cccc1F)NC(c1ccccc1)c1ccccc1. The molecule has 0 atom stereocenters. The van der Waals surface area contributed by atoms with Gasteiger partial charge in [0.2, 0.25) is 0 Å². The van der Waals surface area contributed by atoms with E-state index in [0.717, 1.165) is 23.3 Å². The molecule has 0 heterocycles. The van der Waals surface area contributed by atoms with Crippen LogP contribution >= 0.6 is 0 Å². The first kappa shape index (κ1) is 16.6. The molecule has 0 bridgehead atoms. The Kier molecular flexibility index (Phi) is 5.04. The molecule has 0 radical (unpaired) electrons. The number of para-hydroxylation sites is 1. The van der Waals surface area contributed by atoms with Gasteiger partial charge in [0.15, 0.2) is 0 Å². The summed E-state index contributed by atoms with van der Waals surface area (Å²) in [5, 5.41) is 5.02. The summed E-state index contributed by atoms with van der Waals surface area (Å²) in [5.41, 5.74) is 1.25. The van der Waals surface area contributed by atoms with Gasteiger partial charge in [0.25, 0.3) is 0 Å². The second kappa shape index (κ2) is 7.57. The number of hydrogen-bond donors (Lipinski definition) is 2. The number of carbonyl (C=O) groups excluding carboxylic acids is 1. The van der Waals surface area contributed by atoms with Crippen molar-refractivity contribution >= 4 is 11.7 Å². The van der Waals surface area contributed by atoms with Crippen LogP contribution < -0.4 is 10.6 Å². The number of carbonyl (C=O) groups is 1. The van der Waals surface area contributed by atoms with E-state index in [1.807, 2.05) is 60.7 Å². The summed E-state index contributed by atoms with van der Waals surface area (Å²) in [6.45, 7) is 0. The van der Waals surface area contributed by atoms with Crippen molar-refractivity contribution in [1.82, 2.24) is 5.32 Å². The normalized spacial score (nSPS) is 10.5. The van der Waals surface area contributed by atoms with Crippen LogP contribution in [0.15, 0.2) is 78.9 Å². The van der Waals surface area contributed by atoms with Gasteiger partial charge in [0.1, 0.15) is 17.3 Å². The zero-order valence-corrected chi connectivity index (χ0v) is 13.2.